The molecule has 0 fully saturated rings. The van der Waals surface area contributed by atoms with Gasteiger partial charge in [-0.15, -0.1) is 5.10 Å². The van der Waals surface area contributed by atoms with Gasteiger partial charge in [0, 0.05) is 25.5 Å². The zero-order valence-corrected chi connectivity index (χ0v) is 11.6. The number of alkyl halides is 2. The van der Waals surface area contributed by atoms with Crippen LogP contribution in [0.25, 0.3) is 0 Å². The van der Waals surface area contributed by atoms with E-state index in [2.05, 4.69) is 14.9 Å². The third kappa shape index (κ3) is 3.08. The average molecular weight is 298 g/mol. The van der Waals surface area contributed by atoms with Crippen LogP contribution in [-0.2, 0) is 0 Å². The molecule has 1 amide bonds. The van der Waals surface area contributed by atoms with Gasteiger partial charge in [-0.25, -0.2) is 8.78 Å². The summed E-state index contributed by atoms with van der Waals surface area (Å²) < 4.78 is 28.6. The van der Waals surface area contributed by atoms with Crippen molar-refractivity contribution in [3.63, 3.8) is 0 Å². The van der Waals surface area contributed by atoms with Crippen LogP contribution in [0.15, 0.2) is 24.3 Å². The summed E-state index contributed by atoms with van der Waals surface area (Å²) in [6, 6.07) is 7.02. The largest absolute Gasteiger partial charge is 0.378 e. The van der Waals surface area contributed by atoms with Gasteiger partial charge in [0.05, 0.1) is 0 Å². The molecule has 0 spiro atoms. The van der Waals surface area contributed by atoms with Crippen LogP contribution in [0.4, 0.5) is 20.2 Å². The van der Waals surface area contributed by atoms with E-state index in [1.807, 2.05) is 31.1 Å². The maximum absolute atomic E-state index is 12.6. The van der Waals surface area contributed by atoms with Gasteiger partial charge < -0.3 is 10.2 Å². The zero-order chi connectivity index (χ0) is 14.7. The lowest BCUT2D eigenvalue weighted by Crippen LogP contribution is -2.13. The molecule has 20 heavy (non-hydrogen) atoms. The first-order valence-electron chi connectivity index (χ1n) is 5.68. The second-order valence-corrected chi connectivity index (χ2v) is 4.94. The molecule has 8 heteroatoms. The molecular formula is C12H12F2N4OS. The summed E-state index contributed by atoms with van der Waals surface area (Å²) in [5, 5.41) is 5.81. The van der Waals surface area contributed by atoms with E-state index in [9.17, 15) is 13.6 Å². The second kappa shape index (κ2) is 5.91. The summed E-state index contributed by atoms with van der Waals surface area (Å²) in [6.07, 6.45) is -2.81. The molecule has 0 saturated heterocycles. The maximum atomic E-state index is 12.6. The summed E-state index contributed by atoms with van der Waals surface area (Å²) in [6.45, 7) is 0. The molecule has 0 saturated carbocycles. The number of halogens is 2. The lowest BCUT2D eigenvalue weighted by atomic mass is 10.2. The second-order valence-electron chi connectivity index (χ2n) is 4.18. The molecule has 2 aromatic rings. The van der Waals surface area contributed by atoms with Crippen molar-refractivity contribution in [2.24, 2.45) is 0 Å². The lowest BCUT2D eigenvalue weighted by Gasteiger charge is -2.12. The lowest BCUT2D eigenvalue weighted by molar-refractivity contribution is 0.101. The molecule has 2 rings (SSSR count). The van der Waals surface area contributed by atoms with E-state index in [4.69, 9.17) is 0 Å². The van der Waals surface area contributed by atoms with Crippen LogP contribution in [0.5, 0.6) is 0 Å². The SMILES string of the molecule is CN(C)c1ccc(NC(=O)c2snnc2C(F)F)cc1. The van der Waals surface area contributed by atoms with Crippen molar-refractivity contribution in [3.05, 3.63) is 34.8 Å². The van der Waals surface area contributed by atoms with Crippen molar-refractivity contribution < 1.29 is 13.6 Å². The number of benzene rings is 1. The summed E-state index contributed by atoms with van der Waals surface area (Å²) in [5.41, 5.74) is 0.905. The van der Waals surface area contributed by atoms with E-state index < -0.39 is 18.0 Å². The number of carbonyl (C=O) groups is 1. The quantitative estimate of drug-likeness (QED) is 0.943. The van der Waals surface area contributed by atoms with Crippen LogP contribution >= 0.6 is 11.5 Å². The number of rotatable bonds is 4. The molecule has 0 bridgehead atoms. The molecule has 0 radical (unpaired) electrons. The average Bonchev–Trinajstić information content (AvgIpc) is 2.88. The fourth-order valence-corrected chi connectivity index (χ4v) is 2.10. The minimum Gasteiger partial charge on any atom is -0.378 e. The van der Waals surface area contributed by atoms with Crippen LogP contribution < -0.4 is 10.2 Å². The van der Waals surface area contributed by atoms with Gasteiger partial charge in [0.15, 0.2) is 5.69 Å². The Labute approximate surface area is 118 Å². The number of aromatic nitrogens is 2. The van der Waals surface area contributed by atoms with Gasteiger partial charge in [-0.2, -0.15) is 0 Å². The third-order valence-corrected chi connectivity index (χ3v) is 3.31. The Morgan fingerprint density at radius 3 is 2.50 bits per heavy atom. The Morgan fingerprint density at radius 1 is 1.30 bits per heavy atom. The van der Waals surface area contributed by atoms with Crippen molar-refractivity contribution in [3.8, 4) is 0 Å². The molecule has 1 N–H and O–H groups in total. The van der Waals surface area contributed by atoms with Crippen molar-refractivity contribution >= 4 is 28.8 Å². The minimum absolute atomic E-state index is 0.170. The van der Waals surface area contributed by atoms with E-state index in [1.165, 1.54) is 0 Å². The van der Waals surface area contributed by atoms with Crippen molar-refractivity contribution in [1.29, 1.82) is 0 Å². The number of hydrogen-bond acceptors (Lipinski definition) is 5. The first-order valence-corrected chi connectivity index (χ1v) is 6.45. The Bertz CT molecular complexity index is 598. The van der Waals surface area contributed by atoms with Gasteiger partial charge in [0.2, 0.25) is 0 Å². The van der Waals surface area contributed by atoms with Gasteiger partial charge in [-0.1, -0.05) is 4.49 Å². The third-order valence-electron chi connectivity index (χ3n) is 2.57. The number of nitrogens with one attached hydrogen (secondary N) is 1. The van der Waals surface area contributed by atoms with Crippen LogP contribution in [0, 0.1) is 0 Å². The highest BCUT2D eigenvalue weighted by molar-refractivity contribution is 7.08. The number of carbonyl (C=O) groups excluding carboxylic acids is 1. The Balaban J connectivity index is 2.13. The van der Waals surface area contributed by atoms with Crippen molar-refractivity contribution in [2.75, 3.05) is 24.3 Å². The predicted octanol–water partition coefficient (Wildman–Crippen LogP) is 2.79. The van der Waals surface area contributed by atoms with Crippen LogP contribution in [0.1, 0.15) is 21.8 Å². The molecule has 5 nitrogen and oxygen atoms in total. The standard InChI is InChI=1S/C12H12F2N4OS/c1-18(2)8-5-3-7(4-6-8)15-12(19)10-9(11(13)14)16-17-20-10/h3-6,11H,1-2H3,(H,15,19). The number of anilines is 2. The van der Waals surface area contributed by atoms with E-state index in [0.717, 1.165) is 5.69 Å². The molecule has 0 aliphatic rings. The molecule has 1 aromatic carbocycles. The van der Waals surface area contributed by atoms with E-state index in [-0.39, 0.29) is 4.88 Å². The summed E-state index contributed by atoms with van der Waals surface area (Å²) in [7, 11) is 3.79. The fourth-order valence-electron chi connectivity index (χ4n) is 1.53. The van der Waals surface area contributed by atoms with Gasteiger partial charge >= 0.3 is 0 Å². The summed E-state index contributed by atoms with van der Waals surface area (Å²) in [4.78, 5) is 13.6. The van der Waals surface area contributed by atoms with Gasteiger partial charge in [0.1, 0.15) is 4.88 Å². The fraction of sp³-hybridized carbons (Fsp3) is 0.250. The first-order chi connectivity index (χ1) is 9.49. The van der Waals surface area contributed by atoms with Crippen LogP contribution in [0.3, 0.4) is 0 Å². The Kier molecular flexibility index (Phi) is 4.23. The molecule has 1 heterocycles. The molecular weight excluding hydrogens is 286 g/mol. The van der Waals surface area contributed by atoms with Crippen LogP contribution in [-0.4, -0.2) is 29.6 Å². The van der Waals surface area contributed by atoms with E-state index >= 15 is 0 Å². The number of nitrogens with zero attached hydrogens (tertiary/aromatic N) is 3. The highest BCUT2D eigenvalue weighted by atomic mass is 32.1. The van der Waals surface area contributed by atoms with Crippen LogP contribution in [0.2, 0.25) is 0 Å². The molecule has 0 aliphatic heterocycles. The van der Waals surface area contributed by atoms with E-state index in [0.29, 0.717) is 17.2 Å². The minimum atomic E-state index is -2.81. The van der Waals surface area contributed by atoms with Gasteiger partial charge in [-0.05, 0) is 35.8 Å². The molecule has 0 unspecified atom stereocenters. The summed E-state index contributed by atoms with van der Waals surface area (Å²) >= 11 is 0.652. The maximum Gasteiger partial charge on any atom is 0.283 e. The monoisotopic (exact) mass is 298 g/mol. The Hall–Kier alpha value is -2.09. The molecule has 1 aromatic heterocycles. The smallest absolute Gasteiger partial charge is 0.283 e. The van der Waals surface area contributed by atoms with Crippen molar-refractivity contribution in [2.45, 2.75) is 6.43 Å². The molecule has 106 valence electrons. The highest BCUT2D eigenvalue weighted by Gasteiger charge is 2.23. The van der Waals surface area contributed by atoms with Gasteiger partial charge in [-0.3, -0.25) is 4.79 Å². The molecule has 0 aliphatic carbocycles. The van der Waals surface area contributed by atoms with Crippen molar-refractivity contribution in [1.82, 2.24) is 9.59 Å². The highest BCUT2D eigenvalue weighted by Crippen LogP contribution is 2.24. The number of amides is 1. The summed E-state index contributed by atoms with van der Waals surface area (Å²) in [5.74, 6) is -0.632. The molecule has 0 atom stereocenters. The topological polar surface area (TPSA) is 58.1 Å². The predicted molar refractivity (Wildman–Crippen MR) is 73.6 cm³/mol. The first kappa shape index (κ1) is 14.3. The van der Waals surface area contributed by atoms with Gasteiger partial charge in [0.25, 0.3) is 12.3 Å². The Morgan fingerprint density at radius 2 is 1.95 bits per heavy atom. The van der Waals surface area contributed by atoms with E-state index in [1.54, 1.807) is 12.1 Å². The number of hydrogen-bond donors (Lipinski definition) is 1. The normalized spacial score (nSPS) is 10.7. The zero-order valence-electron chi connectivity index (χ0n) is 10.8.